The second-order valence-electron chi connectivity index (χ2n) is 8.06. The number of nitrogens with zero attached hydrogens (tertiary/aromatic N) is 4. The highest BCUT2D eigenvalue weighted by molar-refractivity contribution is 7.99. The standard InChI is InChI=1S/C21H21F2N5O2S/c1-21(20(22)23)10-27(11-21)13-2-3-17-16(6-13)15(4-5-25-17)19(30)26-8-18(29)28-12-31-9-14(28)7-24/h2-6,14,20H,8-12H2,1H3,(H,26,30)/t14-/m1/s1. The molecule has 1 atom stereocenters. The Hall–Kier alpha value is -2.93. The Kier molecular flexibility index (Phi) is 5.71. The van der Waals surface area contributed by atoms with Gasteiger partial charge in [0.1, 0.15) is 6.04 Å². The number of benzene rings is 1. The minimum absolute atomic E-state index is 0.208. The molecule has 2 aliphatic rings. The van der Waals surface area contributed by atoms with Crippen LogP contribution in [0.25, 0.3) is 10.9 Å². The van der Waals surface area contributed by atoms with Gasteiger partial charge in [0.25, 0.3) is 5.91 Å². The number of anilines is 1. The third-order valence-corrected chi connectivity index (χ3v) is 6.73. The second-order valence-corrected chi connectivity index (χ2v) is 9.06. The van der Waals surface area contributed by atoms with Gasteiger partial charge in [0.15, 0.2) is 0 Å². The number of hydrogen-bond acceptors (Lipinski definition) is 6. The van der Waals surface area contributed by atoms with Gasteiger partial charge in [-0.1, -0.05) is 6.92 Å². The van der Waals surface area contributed by atoms with Crippen LogP contribution in [0.2, 0.25) is 0 Å². The average molecular weight is 445 g/mol. The van der Waals surface area contributed by atoms with Crippen LogP contribution in [0, 0.1) is 16.7 Å². The molecule has 162 valence electrons. The average Bonchev–Trinajstić information content (AvgIpc) is 3.23. The van der Waals surface area contributed by atoms with Crippen LogP contribution in [0.15, 0.2) is 30.5 Å². The van der Waals surface area contributed by atoms with Crippen LogP contribution < -0.4 is 10.2 Å². The lowest BCUT2D eigenvalue weighted by atomic mass is 9.82. The van der Waals surface area contributed by atoms with E-state index >= 15 is 0 Å². The number of nitriles is 1. The molecule has 4 rings (SSSR count). The van der Waals surface area contributed by atoms with Gasteiger partial charge in [0, 0.05) is 36.1 Å². The second kappa shape index (κ2) is 8.30. The van der Waals surface area contributed by atoms with E-state index in [0.29, 0.717) is 28.1 Å². The van der Waals surface area contributed by atoms with Crippen molar-refractivity contribution in [2.24, 2.45) is 5.41 Å². The maximum Gasteiger partial charge on any atom is 0.252 e. The summed E-state index contributed by atoms with van der Waals surface area (Å²) in [6.45, 7) is 1.82. The van der Waals surface area contributed by atoms with Crippen LogP contribution in [-0.4, -0.2) is 65.4 Å². The molecule has 3 heterocycles. The summed E-state index contributed by atoms with van der Waals surface area (Å²) in [5.74, 6) is 0.256. The number of hydrogen-bond donors (Lipinski definition) is 1. The molecule has 31 heavy (non-hydrogen) atoms. The van der Waals surface area contributed by atoms with Crippen molar-refractivity contribution in [2.75, 3.05) is 36.2 Å². The van der Waals surface area contributed by atoms with Crippen molar-refractivity contribution in [3.05, 3.63) is 36.0 Å². The minimum Gasteiger partial charge on any atom is -0.370 e. The number of pyridine rings is 1. The van der Waals surface area contributed by atoms with Crippen LogP contribution in [0.1, 0.15) is 17.3 Å². The fourth-order valence-electron chi connectivity index (χ4n) is 3.82. The third kappa shape index (κ3) is 4.02. The van der Waals surface area contributed by atoms with Crippen molar-refractivity contribution in [3.63, 3.8) is 0 Å². The van der Waals surface area contributed by atoms with Crippen LogP contribution in [-0.2, 0) is 4.79 Å². The number of carbonyl (C=O) groups is 2. The van der Waals surface area contributed by atoms with Crippen molar-refractivity contribution in [1.82, 2.24) is 15.2 Å². The molecule has 0 aliphatic carbocycles. The number of fused-ring (bicyclic) bond motifs is 1. The zero-order valence-corrected chi connectivity index (χ0v) is 17.7. The summed E-state index contributed by atoms with van der Waals surface area (Å²) in [7, 11) is 0. The smallest absolute Gasteiger partial charge is 0.252 e. The molecule has 7 nitrogen and oxygen atoms in total. The summed E-state index contributed by atoms with van der Waals surface area (Å²) in [4.78, 5) is 32.8. The Bertz CT molecular complexity index is 1070. The van der Waals surface area contributed by atoms with Crippen molar-refractivity contribution in [1.29, 1.82) is 5.26 Å². The maximum atomic E-state index is 13.1. The first-order chi connectivity index (χ1) is 14.8. The predicted octanol–water partition coefficient (Wildman–Crippen LogP) is 2.48. The lowest BCUT2D eigenvalue weighted by Gasteiger charge is -2.48. The Balaban J connectivity index is 1.49. The van der Waals surface area contributed by atoms with Gasteiger partial charge in [-0.15, -0.1) is 11.8 Å². The first kappa shape index (κ1) is 21.3. The number of halogens is 2. The van der Waals surface area contributed by atoms with Gasteiger partial charge >= 0.3 is 0 Å². The fraction of sp³-hybridized carbons (Fsp3) is 0.429. The third-order valence-electron chi connectivity index (χ3n) is 5.72. The van der Waals surface area contributed by atoms with Crippen LogP contribution in [0.3, 0.4) is 0 Å². The van der Waals surface area contributed by atoms with Crippen LogP contribution in [0.4, 0.5) is 14.5 Å². The lowest BCUT2D eigenvalue weighted by molar-refractivity contribution is -0.129. The van der Waals surface area contributed by atoms with Gasteiger partial charge in [0.2, 0.25) is 12.3 Å². The molecule has 0 spiro atoms. The SMILES string of the molecule is CC1(C(F)F)CN(c2ccc3nccc(C(=O)NCC(=O)N4CSC[C@H]4C#N)c3c2)C1. The normalized spacial score (nSPS) is 19.9. The molecule has 2 amide bonds. The molecule has 2 saturated heterocycles. The van der Waals surface area contributed by atoms with E-state index in [1.807, 2.05) is 4.90 Å². The number of alkyl halides is 2. The Labute approximate surface area is 182 Å². The molecular formula is C21H21F2N5O2S. The van der Waals surface area contributed by atoms with E-state index in [9.17, 15) is 18.4 Å². The molecule has 2 aromatic rings. The van der Waals surface area contributed by atoms with E-state index in [1.54, 1.807) is 31.2 Å². The molecule has 1 aromatic heterocycles. The summed E-state index contributed by atoms with van der Waals surface area (Å²) in [6, 6.07) is 8.51. The summed E-state index contributed by atoms with van der Waals surface area (Å²) >= 11 is 1.50. The van der Waals surface area contributed by atoms with E-state index < -0.39 is 23.8 Å². The van der Waals surface area contributed by atoms with Gasteiger partial charge in [-0.3, -0.25) is 14.6 Å². The van der Waals surface area contributed by atoms with Crippen molar-refractivity contribution < 1.29 is 18.4 Å². The van der Waals surface area contributed by atoms with Crippen molar-refractivity contribution >= 4 is 40.2 Å². The summed E-state index contributed by atoms with van der Waals surface area (Å²) in [5, 5.41) is 12.3. The molecule has 10 heteroatoms. The fourth-order valence-corrected chi connectivity index (χ4v) is 4.93. The lowest BCUT2D eigenvalue weighted by Crippen LogP contribution is -2.58. The molecule has 1 N–H and O–H groups in total. The monoisotopic (exact) mass is 445 g/mol. The van der Waals surface area contributed by atoms with Crippen molar-refractivity contribution in [2.45, 2.75) is 19.4 Å². The predicted molar refractivity (Wildman–Crippen MR) is 114 cm³/mol. The number of aromatic nitrogens is 1. The highest BCUT2D eigenvalue weighted by Gasteiger charge is 2.46. The van der Waals surface area contributed by atoms with E-state index in [4.69, 9.17) is 5.26 Å². The highest BCUT2D eigenvalue weighted by atomic mass is 32.2. The summed E-state index contributed by atoms with van der Waals surface area (Å²) < 4.78 is 26.3. The van der Waals surface area contributed by atoms with Gasteiger partial charge in [0.05, 0.1) is 35.0 Å². The number of nitrogens with one attached hydrogen (secondary N) is 1. The number of thioether (sulfide) groups is 1. The molecule has 1 aromatic carbocycles. The number of amides is 2. The van der Waals surface area contributed by atoms with Gasteiger partial charge < -0.3 is 15.1 Å². The van der Waals surface area contributed by atoms with Gasteiger partial charge in [-0.05, 0) is 24.3 Å². The van der Waals surface area contributed by atoms with Gasteiger partial charge in [-0.25, -0.2) is 8.78 Å². The summed E-state index contributed by atoms with van der Waals surface area (Å²) in [5.41, 5.74) is 0.666. The van der Waals surface area contributed by atoms with Gasteiger partial charge in [-0.2, -0.15) is 5.26 Å². The summed E-state index contributed by atoms with van der Waals surface area (Å²) in [6.07, 6.45) is -0.877. The van der Waals surface area contributed by atoms with E-state index in [-0.39, 0.29) is 25.5 Å². The Morgan fingerprint density at radius 3 is 2.87 bits per heavy atom. The molecule has 0 bridgehead atoms. The Morgan fingerprint density at radius 2 is 2.16 bits per heavy atom. The Morgan fingerprint density at radius 1 is 1.39 bits per heavy atom. The first-order valence-corrected chi connectivity index (χ1v) is 10.9. The number of carbonyl (C=O) groups excluding carboxylic acids is 2. The zero-order chi connectivity index (χ0) is 22.2. The largest absolute Gasteiger partial charge is 0.370 e. The molecule has 0 unspecified atom stereocenters. The zero-order valence-electron chi connectivity index (χ0n) is 16.8. The topological polar surface area (TPSA) is 89.3 Å². The molecule has 0 radical (unpaired) electrons. The molecule has 2 fully saturated rings. The first-order valence-electron chi connectivity index (χ1n) is 9.79. The van der Waals surface area contributed by atoms with Crippen LogP contribution >= 0.6 is 11.8 Å². The molecular weight excluding hydrogens is 424 g/mol. The highest BCUT2D eigenvalue weighted by Crippen LogP contribution is 2.39. The number of rotatable bonds is 5. The molecule has 0 saturated carbocycles. The quantitative estimate of drug-likeness (QED) is 0.761. The molecule has 2 aliphatic heterocycles. The van der Waals surface area contributed by atoms with E-state index in [1.165, 1.54) is 22.9 Å². The van der Waals surface area contributed by atoms with Crippen LogP contribution in [0.5, 0.6) is 0 Å². The van der Waals surface area contributed by atoms with Crippen molar-refractivity contribution in [3.8, 4) is 6.07 Å². The maximum absolute atomic E-state index is 13.1. The minimum atomic E-state index is -2.39. The van der Waals surface area contributed by atoms with E-state index in [0.717, 1.165) is 5.69 Å². The van der Waals surface area contributed by atoms with E-state index in [2.05, 4.69) is 16.4 Å².